The van der Waals surface area contributed by atoms with Crippen LogP contribution in [-0.2, 0) is 5.41 Å². The van der Waals surface area contributed by atoms with Crippen LogP contribution in [0.5, 0.6) is 11.5 Å². The normalized spacial score (nSPS) is 14.9. The summed E-state index contributed by atoms with van der Waals surface area (Å²) in [6.07, 6.45) is 1.92. The van der Waals surface area contributed by atoms with E-state index in [2.05, 4.69) is 97.6 Å². The van der Waals surface area contributed by atoms with E-state index in [0.717, 1.165) is 34.3 Å². The van der Waals surface area contributed by atoms with Crippen molar-refractivity contribution in [3.63, 3.8) is 0 Å². The zero-order valence-corrected chi connectivity index (χ0v) is 27.9. The molecule has 0 bridgehead atoms. The Kier molecular flexibility index (Phi) is 6.39. The van der Waals surface area contributed by atoms with E-state index in [1.807, 2.05) is 65.7 Å². The monoisotopic (exact) mass is 719 g/mol. The second kappa shape index (κ2) is 11.6. The minimum absolute atomic E-state index is 0.211. The standard InChI is InChI=1S/C40H34N4OTe/c1-40(2,28-12-5-4-6-13-28)29-22-23-41-39(24-29)44-35-18-9-10-19-37(35)46-38-21-20-32(26-36(38)44)45-31-15-11-14-30(25-31)43-27-42(3)33-16-7-8-17-34(33)43/h4-26H,27H2,1-3H3/i3D3. The predicted molar refractivity (Wildman–Crippen MR) is 191 cm³/mol. The number of hydrogen-bond donors (Lipinski definition) is 0. The number of para-hydroxylation sites is 3. The second-order valence-electron chi connectivity index (χ2n) is 12.0. The first kappa shape index (κ1) is 25.4. The summed E-state index contributed by atoms with van der Waals surface area (Å²) >= 11 is -0.641. The van der Waals surface area contributed by atoms with Crippen LogP contribution < -0.4 is 26.7 Å². The van der Waals surface area contributed by atoms with Crippen LogP contribution in [0.15, 0.2) is 140 Å². The third kappa shape index (κ3) is 5.08. The Balaban J connectivity index is 1.14. The van der Waals surface area contributed by atoms with E-state index in [4.69, 9.17) is 13.8 Å². The van der Waals surface area contributed by atoms with Crippen LogP contribution >= 0.6 is 0 Å². The van der Waals surface area contributed by atoms with Gasteiger partial charge in [-0.2, -0.15) is 0 Å². The van der Waals surface area contributed by atoms with Gasteiger partial charge in [0, 0.05) is 4.11 Å². The minimum atomic E-state index is -2.25. The van der Waals surface area contributed by atoms with E-state index >= 15 is 0 Å². The zero-order valence-electron chi connectivity index (χ0n) is 28.6. The van der Waals surface area contributed by atoms with Crippen molar-refractivity contribution in [2.45, 2.75) is 19.3 Å². The van der Waals surface area contributed by atoms with Gasteiger partial charge in [-0.3, -0.25) is 0 Å². The number of ether oxygens (including phenoxy) is 1. The molecule has 0 spiro atoms. The molecule has 0 saturated carbocycles. The molecule has 6 aromatic rings. The molecule has 0 unspecified atom stereocenters. The molecule has 5 aromatic carbocycles. The van der Waals surface area contributed by atoms with Crippen molar-refractivity contribution in [2.24, 2.45) is 0 Å². The van der Waals surface area contributed by atoms with Crippen LogP contribution in [0.3, 0.4) is 0 Å². The number of aromatic nitrogens is 1. The summed E-state index contributed by atoms with van der Waals surface area (Å²) in [5.41, 5.74) is 6.88. The van der Waals surface area contributed by atoms with E-state index in [0.29, 0.717) is 11.4 Å². The van der Waals surface area contributed by atoms with Gasteiger partial charge in [0.25, 0.3) is 0 Å². The molecule has 0 amide bonds. The summed E-state index contributed by atoms with van der Waals surface area (Å²) in [7, 11) is 0. The Labute approximate surface area is 285 Å². The molecule has 0 N–H and O–H groups in total. The molecule has 0 fully saturated rings. The predicted octanol–water partition coefficient (Wildman–Crippen LogP) is 8.18. The van der Waals surface area contributed by atoms with Gasteiger partial charge in [0.1, 0.15) is 0 Å². The topological polar surface area (TPSA) is 31.8 Å². The Hall–Kier alpha value is -4.76. The molecule has 0 radical (unpaired) electrons. The van der Waals surface area contributed by atoms with Crippen LogP contribution in [0, 0.1) is 0 Å². The summed E-state index contributed by atoms with van der Waals surface area (Å²) in [6.45, 7) is 2.49. The second-order valence-corrected chi connectivity index (χ2v) is 15.1. The first-order valence-electron chi connectivity index (χ1n) is 16.8. The number of anilines is 6. The summed E-state index contributed by atoms with van der Waals surface area (Å²) in [5.74, 6) is 2.26. The zero-order chi connectivity index (χ0) is 33.8. The summed E-state index contributed by atoms with van der Waals surface area (Å²) in [6, 6.07) is 45.4. The van der Waals surface area contributed by atoms with Gasteiger partial charge in [-0.25, -0.2) is 0 Å². The molecular weight excluding hydrogens is 680 g/mol. The van der Waals surface area contributed by atoms with E-state index in [1.165, 1.54) is 23.2 Å². The maximum atomic E-state index is 8.09. The van der Waals surface area contributed by atoms with Crippen LogP contribution in [0.25, 0.3) is 0 Å². The summed E-state index contributed by atoms with van der Waals surface area (Å²) in [5, 5.41) is 0. The fourth-order valence-electron chi connectivity index (χ4n) is 6.28. The Morgan fingerprint density at radius 3 is 2.26 bits per heavy atom. The van der Waals surface area contributed by atoms with Gasteiger partial charge < -0.3 is 0 Å². The molecular formula is C40H34N4OTe. The molecule has 8 rings (SSSR count). The van der Waals surface area contributed by atoms with Crippen molar-refractivity contribution in [2.75, 3.05) is 28.3 Å². The third-order valence-corrected chi connectivity index (χ3v) is 12.0. The summed E-state index contributed by atoms with van der Waals surface area (Å²) in [4.78, 5) is 10.7. The number of rotatable bonds is 6. The van der Waals surface area contributed by atoms with Gasteiger partial charge in [-0.1, -0.05) is 6.07 Å². The van der Waals surface area contributed by atoms with Crippen LogP contribution in [0.1, 0.15) is 29.1 Å². The van der Waals surface area contributed by atoms with Gasteiger partial charge in [0.15, 0.2) is 0 Å². The molecule has 2 aliphatic rings. The SMILES string of the molecule is [2H]C([2H])([2H])N1CN(c2cccc(Oc3ccc4c(c3)N(c3cc(C(C)(C)c5ccccc5)ccn3)c3ccccc3[Te]4)c2)c2ccccc21. The third-order valence-electron chi connectivity index (χ3n) is 8.80. The average molecular weight is 717 g/mol. The van der Waals surface area contributed by atoms with E-state index in [9.17, 15) is 0 Å². The van der Waals surface area contributed by atoms with Gasteiger partial charge >= 0.3 is 276 Å². The molecule has 226 valence electrons. The van der Waals surface area contributed by atoms with E-state index < -0.39 is 27.9 Å². The van der Waals surface area contributed by atoms with E-state index in [-0.39, 0.29) is 12.1 Å². The molecule has 3 heterocycles. The van der Waals surface area contributed by atoms with Gasteiger partial charge in [-0.15, -0.1) is 0 Å². The Morgan fingerprint density at radius 2 is 1.41 bits per heavy atom. The van der Waals surface area contributed by atoms with Gasteiger partial charge in [-0.05, 0) is 0 Å². The van der Waals surface area contributed by atoms with E-state index in [1.54, 1.807) is 0 Å². The first-order valence-corrected chi connectivity index (χ1v) is 17.7. The molecule has 0 atom stereocenters. The van der Waals surface area contributed by atoms with Gasteiger partial charge in [0.05, 0.1) is 0 Å². The first-order chi connectivity index (χ1) is 23.7. The van der Waals surface area contributed by atoms with Crippen molar-refractivity contribution < 1.29 is 8.85 Å². The summed E-state index contributed by atoms with van der Waals surface area (Å²) < 4.78 is 33.5. The molecule has 46 heavy (non-hydrogen) atoms. The van der Waals surface area contributed by atoms with Gasteiger partial charge in [0.2, 0.25) is 0 Å². The molecule has 0 aliphatic carbocycles. The fourth-order valence-corrected chi connectivity index (χ4v) is 9.25. The van der Waals surface area contributed by atoms with Crippen LogP contribution in [0.4, 0.5) is 34.3 Å². The maximum absolute atomic E-state index is 8.09. The van der Waals surface area contributed by atoms with Crippen molar-refractivity contribution >= 4 is 62.4 Å². The number of benzene rings is 5. The van der Waals surface area contributed by atoms with Crippen molar-refractivity contribution in [1.29, 1.82) is 0 Å². The molecule has 0 saturated heterocycles. The van der Waals surface area contributed by atoms with Crippen LogP contribution in [-0.4, -0.2) is 39.6 Å². The number of hydrogen-bond acceptors (Lipinski definition) is 5. The van der Waals surface area contributed by atoms with Crippen molar-refractivity contribution in [1.82, 2.24) is 4.98 Å². The average Bonchev–Trinajstić information content (AvgIpc) is 3.52. The molecule has 2 aliphatic heterocycles. The molecule has 6 heteroatoms. The molecule has 5 nitrogen and oxygen atoms in total. The Bertz CT molecular complexity index is 2170. The molecule has 1 aromatic heterocycles. The number of fused-ring (bicyclic) bond motifs is 3. The Morgan fingerprint density at radius 1 is 0.674 bits per heavy atom. The quantitative estimate of drug-likeness (QED) is 0.162. The number of pyridine rings is 1. The fraction of sp³-hybridized carbons (Fsp3) is 0.125. The van der Waals surface area contributed by atoms with Crippen molar-refractivity contribution in [3.8, 4) is 11.5 Å². The number of nitrogens with zero attached hydrogens (tertiary/aromatic N) is 4. The van der Waals surface area contributed by atoms with Crippen LogP contribution in [0.2, 0.25) is 0 Å². The van der Waals surface area contributed by atoms with Crippen molar-refractivity contribution in [3.05, 3.63) is 151 Å².